The van der Waals surface area contributed by atoms with Gasteiger partial charge in [0.25, 0.3) is 0 Å². The minimum absolute atomic E-state index is 0.391. The number of rotatable bonds is 7. The van der Waals surface area contributed by atoms with Crippen LogP contribution in [0.4, 0.5) is 0 Å². The van der Waals surface area contributed by atoms with E-state index in [2.05, 4.69) is 13.8 Å². The molecule has 1 saturated carbocycles. The summed E-state index contributed by atoms with van der Waals surface area (Å²) in [4.78, 5) is 0. The van der Waals surface area contributed by atoms with Gasteiger partial charge < -0.3 is 14.2 Å². The van der Waals surface area contributed by atoms with E-state index < -0.39 is 0 Å². The first-order valence-corrected chi connectivity index (χ1v) is 8.32. The molecule has 0 aliphatic heterocycles. The van der Waals surface area contributed by atoms with Crippen molar-refractivity contribution in [3.05, 3.63) is 0 Å². The lowest BCUT2D eigenvalue weighted by Gasteiger charge is -2.24. The fraction of sp³-hybridized carbons (Fsp3) is 1.00. The third kappa shape index (κ3) is 7.05. The lowest BCUT2D eigenvalue weighted by atomic mass is 9.95. The van der Waals surface area contributed by atoms with Crippen molar-refractivity contribution < 1.29 is 14.2 Å². The molecule has 0 aromatic carbocycles. The van der Waals surface area contributed by atoms with Crippen molar-refractivity contribution in [2.75, 3.05) is 27.4 Å². The molecule has 3 atom stereocenters. The molecule has 0 bridgehead atoms. The van der Waals surface area contributed by atoms with Gasteiger partial charge in [0.2, 0.25) is 0 Å². The first-order valence-electron chi connectivity index (χ1n) is 8.32. The maximum Gasteiger partial charge on any atom is 0.0574 e. The van der Waals surface area contributed by atoms with Crippen molar-refractivity contribution in [2.24, 2.45) is 11.8 Å². The highest BCUT2D eigenvalue weighted by Crippen LogP contribution is 2.25. The Hall–Kier alpha value is -0.120. The Labute approximate surface area is 125 Å². The largest absolute Gasteiger partial charge is 0.381 e. The van der Waals surface area contributed by atoms with Gasteiger partial charge in [-0.1, -0.05) is 33.1 Å². The van der Waals surface area contributed by atoms with Gasteiger partial charge in [-0.05, 0) is 37.5 Å². The lowest BCUT2D eigenvalue weighted by molar-refractivity contribution is 0.00968. The minimum Gasteiger partial charge on any atom is -0.381 e. The van der Waals surface area contributed by atoms with E-state index in [1.54, 1.807) is 0 Å². The maximum absolute atomic E-state index is 5.94. The van der Waals surface area contributed by atoms with Crippen LogP contribution in [-0.4, -0.2) is 39.6 Å². The number of hydrogen-bond donors (Lipinski definition) is 0. The quantitative estimate of drug-likeness (QED) is 0.706. The molecular weight excluding hydrogens is 252 g/mol. The van der Waals surface area contributed by atoms with Gasteiger partial charge >= 0.3 is 0 Å². The van der Waals surface area contributed by atoms with Crippen LogP contribution < -0.4 is 0 Å². The summed E-state index contributed by atoms with van der Waals surface area (Å²) in [5, 5.41) is 0. The van der Waals surface area contributed by atoms with Gasteiger partial charge in [0.15, 0.2) is 0 Å². The van der Waals surface area contributed by atoms with Gasteiger partial charge in [0, 0.05) is 27.4 Å². The fourth-order valence-corrected chi connectivity index (χ4v) is 2.94. The molecule has 1 fully saturated rings. The van der Waals surface area contributed by atoms with Gasteiger partial charge in [-0.15, -0.1) is 0 Å². The minimum atomic E-state index is 0.391. The van der Waals surface area contributed by atoms with Crippen molar-refractivity contribution in [3.63, 3.8) is 0 Å². The van der Waals surface area contributed by atoms with Crippen molar-refractivity contribution >= 4 is 0 Å². The fourth-order valence-electron chi connectivity index (χ4n) is 2.94. The molecule has 0 spiro atoms. The van der Waals surface area contributed by atoms with Gasteiger partial charge in [0.05, 0.1) is 12.2 Å². The summed E-state index contributed by atoms with van der Waals surface area (Å²) in [7, 11) is 3.68. The molecule has 0 N–H and O–H groups in total. The first-order chi connectivity index (χ1) is 9.69. The smallest absolute Gasteiger partial charge is 0.0574 e. The highest BCUT2D eigenvalue weighted by molar-refractivity contribution is 4.74. The Bertz CT molecular complexity index is 216. The first kappa shape index (κ1) is 17.9. The van der Waals surface area contributed by atoms with Crippen molar-refractivity contribution in [1.82, 2.24) is 0 Å². The molecule has 0 saturated heterocycles. The second kappa shape index (κ2) is 10.6. The summed E-state index contributed by atoms with van der Waals surface area (Å²) >= 11 is 0. The monoisotopic (exact) mass is 286 g/mol. The molecule has 3 unspecified atom stereocenters. The molecule has 0 heterocycles. The van der Waals surface area contributed by atoms with Crippen molar-refractivity contribution in [3.8, 4) is 0 Å². The van der Waals surface area contributed by atoms with E-state index in [4.69, 9.17) is 14.2 Å². The van der Waals surface area contributed by atoms with E-state index in [1.165, 1.54) is 32.1 Å². The molecule has 0 radical (unpaired) electrons. The second-order valence-electron chi connectivity index (χ2n) is 6.39. The van der Waals surface area contributed by atoms with E-state index in [0.717, 1.165) is 26.1 Å². The topological polar surface area (TPSA) is 27.7 Å². The van der Waals surface area contributed by atoms with E-state index in [0.29, 0.717) is 24.0 Å². The summed E-state index contributed by atoms with van der Waals surface area (Å²) in [6, 6.07) is 0. The number of hydrogen-bond acceptors (Lipinski definition) is 3. The van der Waals surface area contributed by atoms with E-state index in [-0.39, 0.29) is 0 Å². The molecule has 0 aromatic rings. The zero-order valence-electron chi connectivity index (χ0n) is 13.9. The average Bonchev–Trinajstić information content (AvgIpc) is 2.57. The summed E-state index contributed by atoms with van der Waals surface area (Å²) in [5.41, 5.74) is 0. The third-order valence-electron chi connectivity index (χ3n) is 4.61. The molecular formula is C17H34O3. The Morgan fingerprint density at radius 3 is 2.00 bits per heavy atom. The molecule has 3 nitrogen and oxygen atoms in total. The highest BCUT2D eigenvalue weighted by Gasteiger charge is 2.23. The number of methoxy groups -OCH3 is 2. The summed E-state index contributed by atoms with van der Waals surface area (Å²) < 4.78 is 17.2. The van der Waals surface area contributed by atoms with Crippen LogP contribution in [0.2, 0.25) is 0 Å². The summed E-state index contributed by atoms with van der Waals surface area (Å²) in [6.07, 6.45) is 9.03. The van der Waals surface area contributed by atoms with Crippen LogP contribution in [-0.2, 0) is 14.2 Å². The van der Waals surface area contributed by atoms with E-state index >= 15 is 0 Å². The lowest BCUT2D eigenvalue weighted by Crippen LogP contribution is -2.24. The van der Waals surface area contributed by atoms with Crippen LogP contribution in [0.1, 0.15) is 58.8 Å². The van der Waals surface area contributed by atoms with Gasteiger partial charge in [-0.2, -0.15) is 0 Å². The molecule has 120 valence electrons. The zero-order chi connectivity index (χ0) is 14.8. The predicted octanol–water partition coefficient (Wildman–Crippen LogP) is 4.05. The summed E-state index contributed by atoms with van der Waals surface area (Å²) in [5.74, 6) is 1.22. The van der Waals surface area contributed by atoms with Crippen LogP contribution >= 0.6 is 0 Å². The molecule has 3 heteroatoms. The van der Waals surface area contributed by atoms with Crippen molar-refractivity contribution in [2.45, 2.75) is 71.0 Å². The summed E-state index contributed by atoms with van der Waals surface area (Å²) in [6.45, 7) is 6.20. The maximum atomic E-state index is 5.94. The van der Waals surface area contributed by atoms with Crippen LogP contribution in [0.3, 0.4) is 0 Å². The zero-order valence-corrected chi connectivity index (χ0v) is 13.9. The number of ether oxygens (including phenoxy) is 3. The molecule has 0 aromatic heterocycles. The van der Waals surface area contributed by atoms with E-state index in [1.807, 2.05) is 14.2 Å². The SMILES string of the molecule is CCC(C)COCC1CC(OC)CCCCC(OC)C1. The van der Waals surface area contributed by atoms with E-state index in [9.17, 15) is 0 Å². The van der Waals surface area contributed by atoms with Crippen LogP contribution in [0.25, 0.3) is 0 Å². The van der Waals surface area contributed by atoms with Crippen molar-refractivity contribution in [1.29, 1.82) is 0 Å². The van der Waals surface area contributed by atoms with Crippen LogP contribution in [0.5, 0.6) is 0 Å². The van der Waals surface area contributed by atoms with Gasteiger partial charge in [0.1, 0.15) is 0 Å². The average molecular weight is 286 g/mol. The molecule has 0 amide bonds. The Kier molecular flexibility index (Phi) is 9.49. The third-order valence-corrected chi connectivity index (χ3v) is 4.61. The van der Waals surface area contributed by atoms with Crippen LogP contribution in [0, 0.1) is 11.8 Å². The molecule has 1 aliphatic rings. The Morgan fingerprint density at radius 2 is 1.55 bits per heavy atom. The molecule has 20 heavy (non-hydrogen) atoms. The highest BCUT2D eigenvalue weighted by atomic mass is 16.5. The molecule has 1 rings (SSSR count). The van der Waals surface area contributed by atoms with Gasteiger partial charge in [-0.25, -0.2) is 0 Å². The Balaban J connectivity index is 2.46. The predicted molar refractivity (Wildman–Crippen MR) is 83.1 cm³/mol. The normalized spacial score (nSPS) is 30.3. The van der Waals surface area contributed by atoms with Gasteiger partial charge in [-0.3, -0.25) is 0 Å². The second-order valence-corrected chi connectivity index (χ2v) is 6.39. The Morgan fingerprint density at radius 1 is 1.00 bits per heavy atom. The standard InChI is InChI=1S/C17H34O3/c1-5-14(2)12-20-13-15-10-16(18-3)8-6-7-9-17(11-15)19-4/h14-17H,5-13H2,1-4H3. The van der Waals surface area contributed by atoms with Crippen LogP contribution in [0.15, 0.2) is 0 Å². The molecule has 1 aliphatic carbocycles.